The van der Waals surface area contributed by atoms with Crippen molar-refractivity contribution in [2.24, 2.45) is 0 Å². The summed E-state index contributed by atoms with van der Waals surface area (Å²) in [5, 5.41) is 2.94. The minimum Gasteiger partial charge on any atom is -0.491 e. The van der Waals surface area contributed by atoms with Crippen molar-refractivity contribution in [1.29, 1.82) is 0 Å². The normalized spacial score (nSPS) is 10.5. The summed E-state index contributed by atoms with van der Waals surface area (Å²) >= 11 is 0. The van der Waals surface area contributed by atoms with Crippen molar-refractivity contribution in [3.63, 3.8) is 0 Å². The fraction of sp³-hybridized carbons (Fsp3) is 0.208. The van der Waals surface area contributed by atoms with Crippen LogP contribution in [0.2, 0.25) is 0 Å². The van der Waals surface area contributed by atoms with Crippen molar-refractivity contribution in [2.75, 3.05) is 0 Å². The van der Waals surface area contributed by atoms with E-state index in [2.05, 4.69) is 5.32 Å². The zero-order chi connectivity index (χ0) is 19.8. The molecule has 0 aliphatic carbocycles. The molecular formula is C24H25NO3. The van der Waals surface area contributed by atoms with Crippen LogP contribution in [0.25, 0.3) is 0 Å². The van der Waals surface area contributed by atoms with Gasteiger partial charge in [0.1, 0.15) is 18.1 Å². The second-order valence-corrected chi connectivity index (χ2v) is 6.80. The first-order valence-electron chi connectivity index (χ1n) is 9.41. The molecule has 28 heavy (non-hydrogen) atoms. The lowest BCUT2D eigenvalue weighted by Gasteiger charge is -2.11. The number of benzene rings is 3. The highest BCUT2D eigenvalue weighted by Gasteiger charge is 2.07. The fourth-order valence-corrected chi connectivity index (χ4v) is 2.71. The van der Waals surface area contributed by atoms with Crippen LogP contribution in [0.4, 0.5) is 0 Å². The molecule has 1 N–H and O–H groups in total. The van der Waals surface area contributed by atoms with Crippen LogP contribution in [0.1, 0.15) is 35.3 Å². The van der Waals surface area contributed by atoms with Gasteiger partial charge in [-0.2, -0.15) is 0 Å². The molecule has 0 bridgehead atoms. The number of rotatable bonds is 8. The van der Waals surface area contributed by atoms with Crippen molar-refractivity contribution < 1.29 is 14.3 Å². The molecule has 1 amide bonds. The summed E-state index contributed by atoms with van der Waals surface area (Å²) in [4.78, 5) is 12.5. The molecule has 144 valence electrons. The number of carbonyl (C=O) groups is 1. The Kier molecular flexibility index (Phi) is 6.68. The Morgan fingerprint density at radius 3 is 2.32 bits per heavy atom. The Bertz CT molecular complexity index is 889. The Labute approximate surface area is 166 Å². The number of carbonyl (C=O) groups excluding carboxylic acids is 1. The molecule has 3 aromatic carbocycles. The molecule has 0 aromatic heterocycles. The minimum atomic E-state index is -0.132. The van der Waals surface area contributed by atoms with Gasteiger partial charge in [-0.3, -0.25) is 4.79 Å². The molecule has 0 saturated carbocycles. The first-order valence-corrected chi connectivity index (χ1v) is 9.41. The Morgan fingerprint density at radius 2 is 1.61 bits per heavy atom. The number of amides is 1. The number of ether oxygens (including phenoxy) is 2. The minimum absolute atomic E-state index is 0.132. The van der Waals surface area contributed by atoms with Crippen molar-refractivity contribution >= 4 is 5.91 Å². The predicted molar refractivity (Wildman–Crippen MR) is 111 cm³/mol. The SMILES string of the molecule is CC(C)Oc1ccc(CNC(=O)c2cccc(OCc3ccccc3)c2)cc1. The molecule has 4 nitrogen and oxygen atoms in total. The van der Waals surface area contributed by atoms with Crippen LogP contribution in [-0.4, -0.2) is 12.0 Å². The maximum Gasteiger partial charge on any atom is 0.251 e. The quantitative estimate of drug-likeness (QED) is 0.604. The molecule has 3 rings (SSSR count). The maximum atomic E-state index is 12.5. The van der Waals surface area contributed by atoms with E-state index in [1.165, 1.54) is 0 Å². The van der Waals surface area contributed by atoms with Crippen LogP contribution in [0, 0.1) is 0 Å². The van der Waals surface area contributed by atoms with Gasteiger partial charge in [-0.15, -0.1) is 0 Å². The van der Waals surface area contributed by atoms with Gasteiger partial charge in [-0.25, -0.2) is 0 Å². The highest BCUT2D eigenvalue weighted by molar-refractivity contribution is 5.94. The smallest absolute Gasteiger partial charge is 0.251 e. The van der Waals surface area contributed by atoms with E-state index in [0.29, 0.717) is 24.5 Å². The first kappa shape index (κ1) is 19.5. The van der Waals surface area contributed by atoms with Gasteiger partial charge in [0.2, 0.25) is 0 Å². The van der Waals surface area contributed by atoms with Crippen molar-refractivity contribution in [1.82, 2.24) is 5.32 Å². The topological polar surface area (TPSA) is 47.6 Å². The van der Waals surface area contributed by atoms with Crippen molar-refractivity contribution in [2.45, 2.75) is 33.1 Å². The van der Waals surface area contributed by atoms with E-state index in [1.54, 1.807) is 12.1 Å². The molecule has 0 aliphatic rings. The summed E-state index contributed by atoms with van der Waals surface area (Å²) in [6, 6.07) is 24.9. The first-order chi connectivity index (χ1) is 13.6. The van der Waals surface area contributed by atoms with E-state index in [-0.39, 0.29) is 12.0 Å². The largest absolute Gasteiger partial charge is 0.491 e. The Balaban J connectivity index is 1.54. The highest BCUT2D eigenvalue weighted by Crippen LogP contribution is 2.16. The van der Waals surface area contributed by atoms with Crippen LogP contribution in [0.5, 0.6) is 11.5 Å². The third-order valence-electron chi connectivity index (χ3n) is 4.09. The van der Waals surface area contributed by atoms with Gasteiger partial charge in [-0.1, -0.05) is 48.5 Å². The van der Waals surface area contributed by atoms with E-state index < -0.39 is 0 Å². The average molecular weight is 375 g/mol. The molecule has 0 aliphatic heterocycles. The molecular weight excluding hydrogens is 350 g/mol. The lowest BCUT2D eigenvalue weighted by atomic mass is 10.1. The molecule has 0 saturated heterocycles. The summed E-state index contributed by atoms with van der Waals surface area (Å²) in [6.45, 7) is 4.91. The summed E-state index contributed by atoms with van der Waals surface area (Å²) < 4.78 is 11.4. The molecule has 0 radical (unpaired) electrons. The lowest BCUT2D eigenvalue weighted by molar-refractivity contribution is 0.0950. The van der Waals surface area contributed by atoms with E-state index >= 15 is 0 Å². The van der Waals surface area contributed by atoms with E-state index in [9.17, 15) is 4.79 Å². The van der Waals surface area contributed by atoms with Crippen LogP contribution in [0.15, 0.2) is 78.9 Å². The summed E-state index contributed by atoms with van der Waals surface area (Å²) in [5.74, 6) is 1.37. The average Bonchev–Trinajstić information content (AvgIpc) is 2.72. The molecule has 4 heteroatoms. The third-order valence-corrected chi connectivity index (χ3v) is 4.09. The van der Waals surface area contributed by atoms with Crippen LogP contribution in [0.3, 0.4) is 0 Å². The van der Waals surface area contributed by atoms with Crippen LogP contribution < -0.4 is 14.8 Å². The van der Waals surface area contributed by atoms with E-state index in [4.69, 9.17) is 9.47 Å². The standard InChI is InChI=1S/C24H25NO3/c1-18(2)28-22-13-11-19(12-14-22)16-25-24(26)21-9-6-10-23(15-21)27-17-20-7-4-3-5-8-20/h3-15,18H,16-17H2,1-2H3,(H,25,26). The van der Waals surface area contributed by atoms with Crippen molar-refractivity contribution in [3.05, 3.63) is 95.6 Å². The van der Waals surface area contributed by atoms with Gasteiger partial charge in [0.05, 0.1) is 6.10 Å². The summed E-state index contributed by atoms with van der Waals surface area (Å²) in [6.07, 6.45) is 0.141. The number of hydrogen-bond acceptors (Lipinski definition) is 3. The third kappa shape index (κ3) is 5.88. The van der Waals surface area contributed by atoms with Gasteiger partial charge in [0, 0.05) is 12.1 Å². The predicted octanol–water partition coefficient (Wildman–Crippen LogP) is 4.98. The second kappa shape index (κ2) is 9.60. The monoisotopic (exact) mass is 375 g/mol. The second-order valence-electron chi connectivity index (χ2n) is 6.80. The van der Waals surface area contributed by atoms with E-state index in [0.717, 1.165) is 16.9 Å². The van der Waals surface area contributed by atoms with Crippen molar-refractivity contribution in [3.8, 4) is 11.5 Å². The van der Waals surface area contributed by atoms with Gasteiger partial charge in [0.25, 0.3) is 5.91 Å². The zero-order valence-corrected chi connectivity index (χ0v) is 16.2. The molecule has 3 aromatic rings. The Morgan fingerprint density at radius 1 is 0.857 bits per heavy atom. The van der Waals surface area contributed by atoms with Gasteiger partial charge in [0.15, 0.2) is 0 Å². The number of nitrogens with one attached hydrogen (secondary N) is 1. The van der Waals surface area contributed by atoms with E-state index in [1.807, 2.05) is 80.6 Å². The summed E-state index contributed by atoms with van der Waals surface area (Å²) in [5.41, 5.74) is 2.67. The number of hydrogen-bond donors (Lipinski definition) is 1. The summed E-state index contributed by atoms with van der Waals surface area (Å²) in [7, 11) is 0. The zero-order valence-electron chi connectivity index (χ0n) is 16.2. The Hall–Kier alpha value is -3.27. The molecule has 0 fully saturated rings. The fourth-order valence-electron chi connectivity index (χ4n) is 2.71. The van der Waals surface area contributed by atoms with Gasteiger partial charge < -0.3 is 14.8 Å². The van der Waals surface area contributed by atoms with Gasteiger partial charge in [-0.05, 0) is 55.3 Å². The lowest BCUT2D eigenvalue weighted by Crippen LogP contribution is -2.22. The molecule has 0 atom stereocenters. The van der Waals surface area contributed by atoms with Crippen LogP contribution in [-0.2, 0) is 13.2 Å². The molecule has 0 spiro atoms. The maximum absolute atomic E-state index is 12.5. The van der Waals surface area contributed by atoms with Crippen LogP contribution >= 0.6 is 0 Å². The highest BCUT2D eigenvalue weighted by atomic mass is 16.5. The molecule has 0 unspecified atom stereocenters. The van der Waals surface area contributed by atoms with Gasteiger partial charge >= 0.3 is 0 Å². The molecule has 0 heterocycles.